The van der Waals surface area contributed by atoms with E-state index in [1.165, 1.54) is 12.8 Å². The van der Waals surface area contributed by atoms with E-state index in [9.17, 15) is 4.79 Å². The molecule has 2 fully saturated rings. The molecule has 3 heteroatoms. The second kappa shape index (κ2) is 4.97. The molecule has 17 heavy (non-hydrogen) atoms. The topological polar surface area (TPSA) is 46.3 Å². The van der Waals surface area contributed by atoms with Crippen molar-refractivity contribution in [3.05, 3.63) is 0 Å². The first-order chi connectivity index (χ1) is 8.09. The van der Waals surface area contributed by atoms with Crippen molar-refractivity contribution in [1.29, 1.82) is 0 Å². The minimum absolute atomic E-state index is 0.213. The highest BCUT2D eigenvalue weighted by molar-refractivity contribution is 5.83. The fraction of sp³-hybridized carbons (Fsp3) is 0.929. The molecule has 0 aromatic heterocycles. The summed E-state index contributed by atoms with van der Waals surface area (Å²) < 4.78 is 0. The van der Waals surface area contributed by atoms with E-state index < -0.39 is 0 Å². The molecule has 1 aliphatic heterocycles. The summed E-state index contributed by atoms with van der Waals surface area (Å²) in [4.78, 5) is 14.8. The predicted octanol–water partition coefficient (Wildman–Crippen LogP) is 2.15. The molecule has 1 heterocycles. The van der Waals surface area contributed by atoms with Crippen molar-refractivity contribution in [2.75, 3.05) is 13.1 Å². The molecule has 0 aromatic rings. The number of hydrogen-bond acceptors (Lipinski definition) is 2. The Labute approximate surface area is 105 Å². The number of nitrogens with two attached hydrogens (primary N) is 1. The highest BCUT2D eigenvalue weighted by Gasteiger charge is 2.44. The SMILES string of the molecule is CC1CCN(C(=O)C2(CN)CCCC2)C(C)C1. The van der Waals surface area contributed by atoms with Crippen LogP contribution in [0.15, 0.2) is 0 Å². The van der Waals surface area contributed by atoms with Crippen LogP contribution in [-0.2, 0) is 4.79 Å². The fourth-order valence-electron chi connectivity index (χ4n) is 3.57. The van der Waals surface area contributed by atoms with Crippen LogP contribution in [0.5, 0.6) is 0 Å². The lowest BCUT2D eigenvalue weighted by Gasteiger charge is -2.41. The normalized spacial score (nSPS) is 32.8. The molecule has 2 atom stereocenters. The van der Waals surface area contributed by atoms with Gasteiger partial charge in [-0.15, -0.1) is 0 Å². The summed E-state index contributed by atoms with van der Waals surface area (Å²) in [6.07, 6.45) is 6.63. The minimum Gasteiger partial charge on any atom is -0.339 e. The number of hydrogen-bond donors (Lipinski definition) is 1. The van der Waals surface area contributed by atoms with Gasteiger partial charge in [-0.25, -0.2) is 0 Å². The van der Waals surface area contributed by atoms with Gasteiger partial charge in [0.15, 0.2) is 0 Å². The highest BCUT2D eigenvalue weighted by atomic mass is 16.2. The number of amides is 1. The van der Waals surface area contributed by atoms with Gasteiger partial charge in [0.25, 0.3) is 0 Å². The van der Waals surface area contributed by atoms with Crippen LogP contribution in [0.2, 0.25) is 0 Å². The second-order valence-electron chi connectivity index (χ2n) is 6.17. The second-order valence-corrected chi connectivity index (χ2v) is 6.17. The maximum Gasteiger partial charge on any atom is 0.230 e. The summed E-state index contributed by atoms with van der Waals surface area (Å²) in [5, 5.41) is 0. The summed E-state index contributed by atoms with van der Waals surface area (Å²) in [6.45, 7) is 5.94. The zero-order valence-corrected chi connectivity index (χ0v) is 11.2. The Balaban J connectivity index is 2.08. The van der Waals surface area contributed by atoms with E-state index in [4.69, 9.17) is 5.73 Å². The zero-order valence-electron chi connectivity index (χ0n) is 11.2. The molecule has 2 aliphatic rings. The van der Waals surface area contributed by atoms with Crippen molar-refractivity contribution in [1.82, 2.24) is 4.90 Å². The van der Waals surface area contributed by atoms with Crippen LogP contribution in [0.3, 0.4) is 0 Å². The van der Waals surface area contributed by atoms with Gasteiger partial charge >= 0.3 is 0 Å². The van der Waals surface area contributed by atoms with Crippen LogP contribution in [0.4, 0.5) is 0 Å². The fourth-order valence-corrected chi connectivity index (χ4v) is 3.57. The number of likely N-dealkylation sites (tertiary alicyclic amines) is 1. The molecule has 0 spiro atoms. The van der Waals surface area contributed by atoms with Crippen molar-refractivity contribution < 1.29 is 4.79 Å². The number of carbonyl (C=O) groups excluding carboxylic acids is 1. The van der Waals surface area contributed by atoms with Gasteiger partial charge in [-0.05, 0) is 38.5 Å². The maximum atomic E-state index is 12.7. The smallest absolute Gasteiger partial charge is 0.230 e. The third-order valence-corrected chi connectivity index (χ3v) is 4.80. The molecule has 0 radical (unpaired) electrons. The molecule has 1 aliphatic carbocycles. The highest BCUT2D eigenvalue weighted by Crippen LogP contribution is 2.40. The first-order valence-corrected chi connectivity index (χ1v) is 7.10. The number of rotatable bonds is 2. The van der Waals surface area contributed by atoms with E-state index in [0.29, 0.717) is 18.5 Å². The van der Waals surface area contributed by atoms with Crippen molar-refractivity contribution in [3.8, 4) is 0 Å². The Morgan fingerprint density at radius 2 is 2.00 bits per heavy atom. The van der Waals surface area contributed by atoms with Crippen molar-refractivity contribution in [2.24, 2.45) is 17.1 Å². The molecule has 2 unspecified atom stereocenters. The lowest BCUT2D eigenvalue weighted by molar-refractivity contribution is -0.145. The Kier molecular flexibility index (Phi) is 3.76. The summed E-state index contributed by atoms with van der Waals surface area (Å²) in [5.41, 5.74) is 5.69. The average molecular weight is 238 g/mol. The molecule has 0 aromatic carbocycles. The van der Waals surface area contributed by atoms with Gasteiger partial charge in [0, 0.05) is 19.1 Å². The van der Waals surface area contributed by atoms with Crippen molar-refractivity contribution in [3.63, 3.8) is 0 Å². The van der Waals surface area contributed by atoms with Crippen LogP contribution in [0.1, 0.15) is 52.4 Å². The summed E-state index contributed by atoms with van der Waals surface area (Å²) >= 11 is 0. The molecule has 0 bridgehead atoms. The van der Waals surface area contributed by atoms with E-state index in [1.807, 2.05) is 0 Å². The van der Waals surface area contributed by atoms with Crippen molar-refractivity contribution >= 4 is 5.91 Å². The molecule has 2 rings (SSSR count). The van der Waals surface area contributed by atoms with Crippen LogP contribution in [-0.4, -0.2) is 29.9 Å². The van der Waals surface area contributed by atoms with Crippen LogP contribution in [0.25, 0.3) is 0 Å². The molecular formula is C14H26N2O. The molecule has 3 nitrogen and oxygen atoms in total. The Hall–Kier alpha value is -0.570. The van der Waals surface area contributed by atoms with Gasteiger partial charge in [0.05, 0.1) is 5.41 Å². The molecule has 98 valence electrons. The first kappa shape index (κ1) is 12.9. The Morgan fingerprint density at radius 3 is 2.53 bits per heavy atom. The first-order valence-electron chi connectivity index (χ1n) is 7.10. The monoisotopic (exact) mass is 238 g/mol. The largest absolute Gasteiger partial charge is 0.339 e. The average Bonchev–Trinajstić information content (AvgIpc) is 2.78. The van der Waals surface area contributed by atoms with E-state index >= 15 is 0 Å². The lowest BCUT2D eigenvalue weighted by atomic mass is 9.82. The van der Waals surface area contributed by atoms with Crippen LogP contribution in [0, 0.1) is 11.3 Å². The third-order valence-electron chi connectivity index (χ3n) is 4.80. The maximum absolute atomic E-state index is 12.7. The summed E-state index contributed by atoms with van der Waals surface area (Å²) in [5.74, 6) is 1.10. The van der Waals surface area contributed by atoms with Crippen molar-refractivity contribution in [2.45, 2.75) is 58.4 Å². The number of nitrogens with zero attached hydrogens (tertiary/aromatic N) is 1. The van der Waals surface area contributed by atoms with E-state index in [0.717, 1.165) is 38.1 Å². The van der Waals surface area contributed by atoms with E-state index in [1.54, 1.807) is 0 Å². The zero-order chi connectivity index (χ0) is 12.5. The van der Waals surface area contributed by atoms with Crippen LogP contribution >= 0.6 is 0 Å². The molecule has 1 saturated carbocycles. The molecule has 1 amide bonds. The quantitative estimate of drug-likeness (QED) is 0.801. The third kappa shape index (κ3) is 2.35. The summed E-state index contributed by atoms with van der Waals surface area (Å²) in [7, 11) is 0. The standard InChI is InChI=1S/C14H26N2O/c1-11-5-8-16(12(2)9-11)13(17)14(10-15)6-3-4-7-14/h11-12H,3-10,15H2,1-2H3. The van der Waals surface area contributed by atoms with Gasteiger partial charge in [-0.2, -0.15) is 0 Å². The van der Waals surface area contributed by atoms with Gasteiger partial charge in [0.2, 0.25) is 5.91 Å². The number of piperidine rings is 1. The summed E-state index contributed by atoms with van der Waals surface area (Å²) in [6, 6.07) is 0.398. The van der Waals surface area contributed by atoms with Gasteiger partial charge in [-0.1, -0.05) is 19.8 Å². The molecule has 2 N–H and O–H groups in total. The van der Waals surface area contributed by atoms with Gasteiger partial charge in [-0.3, -0.25) is 4.79 Å². The minimum atomic E-state index is -0.213. The van der Waals surface area contributed by atoms with Gasteiger partial charge < -0.3 is 10.6 Å². The Morgan fingerprint density at radius 1 is 1.35 bits per heavy atom. The van der Waals surface area contributed by atoms with E-state index in [-0.39, 0.29) is 5.41 Å². The lowest BCUT2D eigenvalue weighted by Crippen LogP contribution is -2.52. The molecular weight excluding hydrogens is 212 g/mol. The van der Waals surface area contributed by atoms with Gasteiger partial charge in [0.1, 0.15) is 0 Å². The number of carbonyl (C=O) groups is 1. The van der Waals surface area contributed by atoms with Crippen LogP contribution < -0.4 is 5.73 Å². The predicted molar refractivity (Wildman–Crippen MR) is 69.5 cm³/mol. The molecule has 1 saturated heterocycles. The van der Waals surface area contributed by atoms with E-state index in [2.05, 4.69) is 18.7 Å². The Bertz CT molecular complexity index is 284.